The molecule has 0 radical (unpaired) electrons. The van der Waals surface area contributed by atoms with Crippen LogP contribution < -0.4 is 0 Å². The number of ether oxygens (including phenoxy) is 5. The van der Waals surface area contributed by atoms with Gasteiger partial charge in [-0.1, -0.05) is 91.0 Å². The molecule has 1 aliphatic heterocycles. The van der Waals surface area contributed by atoms with Gasteiger partial charge in [-0.3, -0.25) is 4.18 Å². The molecule has 1 heterocycles. The highest BCUT2D eigenvalue weighted by molar-refractivity contribution is 7.86. The van der Waals surface area contributed by atoms with E-state index in [4.69, 9.17) is 27.9 Å². The van der Waals surface area contributed by atoms with Crippen LogP contribution >= 0.6 is 0 Å². The largest absolute Gasteiger partial charge is 0.374 e. The van der Waals surface area contributed by atoms with E-state index < -0.39 is 40.8 Å². The summed E-state index contributed by atoms with van der Waals surface area (Å²) in [4.78, 5) is 0. The molecule has 3 aromatic rings. The quantitative estimate of drug-likeness (QED) is 0.299. The molecule has 0 aliphatic carbocycles. The summed E-state index contributed by atoms with van der Waals surface area (Å²) < 4.78 is 60.3. The lowest BCUT2D eigenvalue weighted by molar-refractivity contribution is -0.307. The van der Waals surface area contributed by atoms with Crippen LogP contribution in [0.4, 0.5) is 0 Å². The Kier molecular flexibility index (Phi) is 10.4. The van der Waals surface area contributed by atoms with Gasteiger partial charge in [0.25, 0.3) is 10.1 Å². The molecule has 38 heavy (non-hydrogen) atoms. The van der Waals surface area contributed by atoms with Crippen LogP contribution in [-0.4, -0.2) is 59.1 Å². The van der Waals surface area contributed by atoms with Crippen LogP contribution in [0.1, 0.15) is 16.7 Å². The minimum atomic E-state index is -3.87. The van der Waals surface area contributed by atoms with Crippen LogP contribution in [-0.2, 0) is 57.8 Å². The highest BCUT2D eigenvalue weighted by Crippen LogP contribution is 2.31. The summed E-state index contributed by atoms with van der Waals surface area (Å²) in [6, 6.07) is 29.1. The highest BCUT2D eigenvalue weighted by atomic mass is 32.2. The number of hydrogen-bond acceptors (Lipinski definition) is 8. The van der Waals surface area contributed by atoms with Gasteiger partial charge in [0, 0.05) is 7.11 Å². The fourth-order valence-electron chi connectivity index (χ4n) is 4.30. The number of rotatable bonds is 13. The summed E-state index contributed by atoms with van der Waals surface area (Å²) in [6.07, 6.45) is -3.29. The Morgan fingerprint density at radius 3 is 1.63 bits per heavy atom. The van der Waals surface area contributed by atoms with E-state index in [-0.39, 0.29) is 19.8 Å². The second-order valence-corrected chi connectivity index (χ2v) is 10.7. The van der Waals surface area contributed by atoms with Crippen molar-refractivity contribution in [3.63, 3.8) is 0 Å². The monoisotopic (exact) mass is 542 g/mol. The maximum Gasteiger partial charge on any atom is 0.264 e. The van der Waals surface area contributed by atoms with Crippen LogP contribution in [0.5, 0.6) is 0 Å². The summed E-state index contributed by atoms with van der Waals surface area (Å²) in [5.74, 6) is 0. The van der Waals surface area contributed by atoms with Gasteiger partial charge in [-0.05, 0) is 16.7 Å². The van der Waals surface area contributed by atoms with Crippen molar-refractivity contribution in [3.05, 3.63) is 108 Å². The van der Waals surface area contributed by atoms with Crippen LogP contribution in [0, 0.1) is 0 Å². The smallest absolute Gasteiger partial charge is 0.264 e. The zero-order valence-corrected chi connectivity index (χ0v) is 22.4. The lowest BCUT2D eigenvalue weighted by atomic mass is 9.98. The van der Waals surface area contributed by atoms with Gasteiger partial charge in [0.15, 0.2) is 12.4 Å². The van der Waals surface area contributed by atoms with Crippen molar-refractivity contribution in [2.45, 2.75) is 50.5 Å². The fourth-order valence-corrected chi connectivity index (χ4v) is 4.90. The molecule has 0 saturated carbocycles. The van der Waals surface area contributed by atoms with E-state index >= 15 is 0 Å². The second-order valence-electron chi connectivity index (χ2n) is 9.07. The average Bonchev–Trinajstić information content (AvgIpc) is 2.93. The molecule has 4 rings (SSSR count). The summed E-state index contributed by atoms with van der Waals surface area (Å²) in [5, 5.41) is 0. The van der Waals surface area contributed by atoms with Gasteiger partial charge < -0.3 is 23.7 Å². The Morgan fingerprint density at radius 2 is 1.16 bits per heavy atom. The molecule has 0 bridgehead atoms. The Labute approximate surface area is 224 Å². The van der Waals surface area contributed by atoms with Crippen LogP contribution in [0.25, 0.3) is 0 Å². The molecular weight excluding hydrogens is 508 g/mol. The summed E-state index contributed by atoms with van der Waals surface area (Å²) >= 11 is 0. The minimum absolute atomic E-state index is 0.172. The molecule has 9 heteroatoms. The van der Waals surface area contributed by atoms with Gasteiger partial charge in [-0.15, -0.1) is 0 Å². The Balaban J connectivity index is 1.59. The summed E-state index contributed by atoms with van der Waals surface area (Å²) in [7, 11) is -2.44. The normalized spacial score (nSPS) is 23.8. The van der Waals surface area contributed by atoms with Gasteiger partial charge in [-0.2, -0.15) is 8.42 Å². The molecule has 0 aromatic heterocycles. The molecule has 204 valence electrons. The van der Waals surface area contributed by atoms with Gasteiger partial charge >= 0.3 is 0 Å². The van der Waals surface area contributed by atoms with E-state index in [1.807, 2.05) is 91.0 Å². The topological polar surface area (TPSA) is 89.5 Å². The second kappa shape index (κ2) is 14.0. The van der Waals surface area contributed by atoms with E-state index in [9.17, 15) is 8.42 Å². The third kappa shape index (κ3) is 8.44. The molecule has 1 fully saturated rings. The SMILES string of the molecule is CO[C@H]1O[C@H](COCc2ccccc2)[C@@H](OCc2ccccc2)[C@H](OCc2ccccc2)[C@@H]1OS(C)(=O)=O. The van der Waals surface area contributed by atoms with E-state index in [2.05, 4.69) is 0 Å². The first-order valence-electron chi connectivity index (χ1n) is 12.4. The third-order valence-corrected chi connectivity index (χ3v) is 6.65. The lowest BCUT2D eigenvalue weighted by Gasteiger charge is -2.44. The molecule has 0 unspecified atom stereocenters. The van der Waals surface area contributed by atoms with Gasteiger partial charge in [0.05, 0.1) is 32.7 Å². The fraction of sp³-hybridized carbons (Fsp3) is 0.379. The predicted molar refractivity (Wildman–Crippen MR) is 142 cm³/mol. The zero-order valence-electron chi connectivity index (χ0n) is 21.5. The van der Waals surface area contributed by atoms with Crippen molar-refractivity contribution < 1.29 is 36.3 Å². The lowest BCUT2D eigenvalue weighted by Crippen LogP contribution is -2.62. The van der Waals surface area contributed by atoms with E-state index in [1.165, 1.54) is 7.11 Å². The van der Waals surface area contributed by atoms with Gasteiger partial charge in [0.2, 0.25) is 0 Å². The Morgan fingerprint density at radius 1 is 0.684 bits per heavy atom. The number of benzene rings is 3. The van der Waals surface area contributed by atoms with E-state index in [0.29, 0.717) is 6.61 Å². The van der Waals surface area contributed by atoms with Crippen LogP contribution in [0.15, 0.2) is 91.0 Å². The maximum atomic E-state index is 12.2. The number of methoxy groups -OCH3 is 1. The molecule has 5 atom stereocenters. The molecular formula is C29H34O8S. The van der Waals surface area contributed by atoms with Crippen molar-refractivity contribution in [2.24, 2.45) is 0 Å². The van der Waals surface area contributed by atoms with Crippen molar-refractivity contribution in [1.29, 1.82) is 0 Å². The van der Waals surface area contributed by atoms with E-state index in [1.54, 1.807) is 0 Å². The summed E-state index contributed by atoms with van der Waals surface area (Å²) in [5.41, 5.74) is 2.89. The van der Waals surface area contributed by atoms with E-state index in [0.717, 1.165) is 22.9 Å². The van der Waals surface area contributed by atoms with Crippen LogP contribution in [0.3, 0.4) is 0 Å². The predicted octanol–water partition coefficient (Wildman–Crippen LogP) is 4.09. The van der Waals surface area contributed by atoms with Crippen LogP contribution in [0.2, 0.25) is 0 Å². The Hall–Kier alpha value is -2.63. The molecule has 8 nitrogen and oxygen atoms in total. The first kappa shape index (κ1) is 28.4. The van der Waals surface area contributed by atoms with Gasteiger partial charge in [0.1, 0.15) is 18.3 Å². The molecule has 0 amide bonds. The average molecular weight is 543 g/mol. The zero-order chi connectivity index (χ0) is 26.8. The van der Waals surface area contributed by atoms with Crippen molar-refractivity contribution >= 4 is 10.1 Å². The standard InChI is InChI=1S/C29H34O8S/c1-32-29-28(37-38(2,30)31)27(35-20-24-16-10-5-11-17-24)26(34-19-23-14-8-4-9-15-23)25(36-29)21-33-18-22-12-6-3-7-13-22/h3-17,25-29H,18-21H2,1-2H3/t25-,26-,27+,28+,29+/m1/s1. The van der Waals surface area contributed by atoms with Crippen molar-refractivity contribution in [3.8, 4) is 0 Å². The third-order valence-electron chi connectivity index (χ3n) is 6.07. The molecule has 1 saturated heterocycles. The van der Waals surface area contributed by atoms with Gasteiger partial charge in [-0.25, -0.2) is 0 Å². The first-order chi connectivity index (χ1) is 18.4. The van der Waals surface area contributed by atoms with Crippen molar-refractivity contribution in [2.75, 3.05) is 20.0 Å². The minimum Gasteiger partial charge on any atom is -0.374 e. The molecule has 0 spiro atoms. The number of hydrogen-bond donors (Lipinski definition) is 0. The maximum absolute atomic E-state index is 12.2. The highest BCUT2D eigenvalue weighted by Gasteiger charge is 2.50. The molecule has 0 N–H and O–H groups in total. The van der Waals surface area contributed by atoms with Crippen molar-refractivity contribution in [1.82, 2.24) is 0 Å². The first-order valence-corrected chi connectivity index (χ1v) is 14.2. The molecule has 1 aliphatic rings. The summed E-state index contributed by atoms with van der Waals surface area (Å²) in [6.45, 7) is 1.03. The molecule has 3 aromatic carbocycles. The Bertz CT molecular complexity index is 1190.